The summed E-state index contributed by atoms with van der Waals surface area (Å²) >= 11 is 0. The number of hydrogen-bond acceptors (Lipinski definition) is 8. The molecule has 0 aliphatic carbocycles. The number of anilines is 2. The Morgan fingerprint density at radius 3 is 2.50 bits per heavy atom. The average molecular weight is 537 g/mol. The SMILES string of the molecule is Cc1cc(Nc2cc[nH]c(=O)c2)nc(-c2ccc(C(=O)NC(C)c3ccc(-c4ccc(F)nc4C)nc3)nc2)n1. The van der Waals surface area contributed by atoms with Crippen LogP contribution in [0, 0.1) is 19.8 Å². The first-order valence-electron chi connectivity index (χ1n) is 12.4. The molecule has 5 heterocycles. The van der Waals surface area contributed by atoms with Crippen LogP contribution in [0.3, 0.4) is 0 Å². The van der Waals surface area contributed by atoms with Crippen LogP contribution in [0.1, 0.15) is 40.4 Å². The Bertz CT molecular complexity index is 1740. The van der Waals surface area contributed by atoms with Gasteiger partial charge in [0.1, 0.15) is 11.5 Å². The Morgan fingerprint density at radius 1 is 0.950 bits per heavy atom. The van der Waals surface area contributed by atoms with Crippen molar-refractivity contribution >= 4 is 17.4 Å². The maximum absolute atomic E-state index is 13.3. The van der Waals surface area contributed by atoms with Gasteiger partial charge in [0.2, 0.25) is 11.5 Å². The first kappa shape index (κ1) is 26.3. The zero-order valence-corrected chi connectivity index (χ0v) is 21.9. The van der Waals surface area contributed by atoms with Gasteiger partial charge in [-0.2, -0.15) is 4.39 Å². The van der Waals surface area contributed by atoms with Crippen LogP contribution in [0.4, 0.5) is 15.9 Å². The van der Waals surface area contributed by atoms with Crippen molar-refractivity contribution < 1.29 is 9.18 Å². The number of aromatic amines is 1. The summed E-state index contributed by atoms with van der Waals surface area (Å²) in [6.45, 7) is 5.41. The second-order valence-corrected chi connectivity index (χ2v) is 9.16. The average Bonchev–Trinajstić information content (AvgIpc) is 2.93. The third kappa shape index (κ3) is 6.04. The summed E-state index contributed by atoms with van der Waals surface area (Å²) in [5.41, 5.74) is 4.72. The number of aromatic nitrogens is 6. The Labute approximate surface area is 228 Å². The fourth-order valence-corrected chi connectivity index (χ4v) is 4.07. The lowest BCUT2D eigenvalue weighted by Crippen LogP contribution is -2.27. The molecule has 0 saturated heterocycles. The van der Waals surface area contributed by atoms with Gasteiger partial charge in [0.15, 0.2) is 5.82 Å². The number of hydrogen-bond donors (Lipinski definition) is 3. The first-order chi connectivity index (χ1) is 19.2. The molecule has 0 aliphatic heterocycles. The van der Waals surface area contributed by atoms with Crippen molar-refractivity contribution in [3.05, 3.63) is 112 Å². The Balaban J connectivity index is 1.26. The molecule has 1 amide bonds. The molecular weight excluding hydrogens is 511 g/mol. The van der Waals surface area contributed by atoms with E-state index in [1.54, 1.807) is 55.8 Å². The number of rotatable bonds is 7. The van der Waals surface area contributed by atoms with Crippen molar-refractivity contribution in [2.75, 3.05) is 5.32 Å². The highest BCUT2D eigenvalue weighted by Crippen LogP contribution is 2.23. The van der Waals surface area contributed by atoms with E-state index >= 15 is 0 Å². The first-order valence-corrected chi connectivity index (χ1v) is 12.4. The van der Waals surface area contributed by atoms with Gasteiger partial charge in [0.25, 0.3) is 5.91 Å². The van der Waals surface area contributed by atoms with Gasteiger partial charge in [-0.05, 0) is 62.7 Å². The van der Waals surface area contributed by atoms with E-state index in [0.29, 0.717) is 34.3 Å². The van der Waals surface area contributed by atoms with E-state index in [9.17, 15) is 14.0 Å². The lowest BCUT2D eigenvalue weighted by atomic mass is 10.1. The van der Waals surface area contributed by atoms with E-state index in [2.05, 4.69) is 40.5 Å². The van der Waals surface area contributed by atoms with Crippen LogP contribution in [0.5, 0.6) is 0 Å². The van der Waals surface area contributed by atoms with E-state index in [1.807, 2.05) is 26.0 Å². The van der Waals surface area contributed by atoms with Crippen molar-refractivity contribution in [2.45, 2.75) is 26.8 Å². The van der Waals surface area contributed by atoms with Crippen molar-refractivity contribution in [3.8, 4) is 22.6 Å². The van der Waals surface area contributed by atoms with Crippen molar-refractivity contribution in [1.82, 2.24) is 35.2 Å². The molecule has 1 unspecified atom stereocenters. The number of pyridine rings is 4. The van der Waals surface area contributed by atoms with Gasteiger partial charge in [0.05, 0.1) is 11.7 Å². The lowest BCUT2D eigenvalue weighted by Gasteiger charge is -2.14. The summed E-state index contributed by atoms with van der Waals surface area (Å²) in [5.74, 6) is 0.0709. The molecule has 10 nitrogen and oxygen atoms in total. The molecule has 0 fully saturated rings. The highest BCUT2D eigenvalue weighted by atomic mass is 19.1. The van der Waals surface area contributed by atoms with Gasteiger partial charge in [-0.25, -0.2) is 15.0 Å². The fraction of sp³-hybridized carbons (Fsp3) is 0.138. The molecule has 0 bridgehead atoms. The number of nitrogens with one attached hydrogen (secondary N) is 3. The molecule has 0 aliphatic rings. The lowest BCUT2D eigenvalue weighted by molar-refractivity contribution is 0.0935. The number of aryl methyl sites for hydroxylation is 2. The summed E-state index contributed by atoms with van der Waals surface area (Å²) in [6, 6.07) is 14.5. The molecular formula is C29H25FN8O2. The van der Waals surface area contributed by atoms with Crippen LogP contribution in [0.25, 0.3) is 22.6 Å². The van der Waals surface area contributed by atoms with Crippen LogP contribution in [0.15, 0.2) is 78.0 Å². The van der Waals surface area contributed by atoms with Crippen LogP contribution in [0.2, 0.25) is 0 Å². The van der Waals surface area contributed by atoms with Crippen molar-refractivity contribution in [1.29, 1.82) is 0 Å². The summed E-state index contributed by atoms with van der Waals surface area (Å²) in [4.78, 5) is 48.6. The van der Waals surface area contributed by atoms with Gasteiger partial charge in [-0.3, -0.25) is 19.6 Å². The summed E-state index contributed by atoms with van der Waals surface area (Å²) in [7, 11) is 0. The van der Waals surface area contributed by atoms with Crippen molar-refractivity contribution in [3.63, 3.8) is 0 Å². The largest absolute Gasteiger partial charge is 0.344 e. The van der Waals surface area contributed by atoms with Gasteiger partial charge >= 0.3 is 0 Å². The minimum atomic E-state index is -0.536. The van der Waals surface area contributed by atoms with Gasteiger partial charge < -0.3 is 15.6 Å². The number of H-pyrrole nitrogens is 1. The predicted octanol–water partition coefficient (Wildman–Crippen LogP) is 4.67. The van der Waals surface area contributed by atoms with Crippen LogP contribution in [-0.2, 0) is 0 Å². The second-order valence-electron chi connectivity index (χ2n) is 9.16. The number of carbonyl (C=O) groups excluding carboxylic acids is 1. The van der Waals surface area contributed by atoms with Crippen LogP contribution < -0.4 is 16.2 Å². The predicted molar refractivity (Wildman–Crippen MR) is 148 cm³/mol. The van der Waals surface area contributed by atoms with Gasteiger partial charge in [0, 0.05) is 58.9 Å². The number of halogens is 1. The summed E-state index contributed by atoms with van der Waals surface area (Å²) in [5, 5.41) is 6.03. The van der Waals surface area contributed by atoms with Gasteiger partial charge in [-0.15, -0.1) is 0 Å². The Hall–Kier alpha value is -5.32. The minimum Gasteiger partial charge on any atom is -0.344 e. The fourth-order valence-electron chi connectivity index (χ4n) is 4.07. The zero-order chi connectivity index (χ0) is 28.2. The third-order valence-corrected chi connectivity index (χ3v) is 6.12. The number of carbonyl (C=O) groups is 1. The van der Waals surface area contributed by atoms with E-state index in [4.69, 9.17) is 0 Å². The molecule has 3 N–H and O–H groups in total. The van der Waals surface area contributed by atoms with Gasteiger partial charge in [-0.1, -0.05) is 6.07 Å². The van der Waals surface area contributed by atoms with E-state index in [0.717, 1.165) is 16.8 Å². The maximum atomic E-state index is 13.3. The molecule has 1 atom stereocenters. The summed E-state index contributed by atoms with van der Waals surface area (Å²) < 4.78 is 13.3. The Morgan fingerprint density at radius 2 is 1.80 bits per heavy atom. The minimum absolute atomic E-state index is 0.228. The highest BCUT2D eigenvalue weighted by molar-refractivity contribution is 5.92. The van der Waals surface area contributed by atoms with E-state index in [1.165, 1.54) is 12.1 Å². The molecule has 0 saturated carbocycles. The molecule has 5 rings (SSSR count). The molecule has 40 heavy (non-hydrogen) atoms. The molecule has 0 spiro atoms. The van der Waals surface area contributed by atoms with E-state index in [-0.39, 0.29) is 23.2 Å². The van der Waals surface area contributed by atoms with Crippen molar-refractivity contribution in [2.24, 2.45) is 0 Å². The normalized spacial score (nSPS) is 11.6. The molecule has 5 aromatic rings. The topological polar surface area (TPSA) is 138 Å². The highest BCUT2D eigenvalue weighted by Gasteiger charge is 2.15. The quantitative estimate of drug-likeness (QED) is 0.255. The third-order valence-electron chi connectivity index (χ3n) is 6.12. The molecule has 0 aromatic carbocycles. The standard InChI is InChI=1S/C29H25FN8O2/c1-16-12-26(37-21-10-11-31-27(39)13-21)38-28(34-16)20-5-8-24(33-15-20)29(40)36-17(2)19-4-7-23(32-14-19)22-6-9-25(30)35-18(22)3/h4-15,17H,1-3H3,(H,36,40)(H2,31,34,37,38,39). The number of amides is 1. The maximum Gasteiger partial charge on any atom is 0.270 e. The van der Waals surface area contributed by atoms with Crippen LogP contribution in [-0.4, -0.2) is 35.8 Å². The second kappa shape index (κ2) is 11.2. The van der Waals surface area contributed by atoms with Crippen LogP contribution >= 0.6 is 0 Å². The summed E-state index contributed by atoms with van der Waals surface area (Å²) in [6.07, 6.45) is 4.76. The molecule has 200 valence electrons. The van der Waals surface area contributed by atoms with E-state index < -0.39 is 5.95 Å². The molecule has 5 aromatic heterocycles. The smallest absolute Gasteiger partial charge is 0.270 e. The molecule has 11 heteroatoms. The number of nitrogens with zero attached hydrogens (tertiary/aromatic N) is 5. The monoisotopic (exact) mass is 536 g/mol. The Kier molecular flexibility index (Phi) is 7.36. The molecule has 0 radical (unpaired) electrons. The zero-order valence-electron chi connectivity index (χ0n) is 21.9.